The molecular formula is C10H10FN3S. The molecule has 2 aromatic heterocycles. The van der Waals surface area contributed by atoms with Gasteiger partial charge in [0.05, 0.1) is 12.2 Å². The number of nitrogens with one attached hydrogen (secondary N) is 1. The quantitative estimate of drug-likeness (QED) is 0.616. The molecule has 3 nitrogen and oxygen atoms in total. The fourth-order valence-electron chi connectivity index (χ4n) is 1.40. The molecule has 3 N–H and O–H groups in total. The number of hydrogen-bond acceptors (Lipinski definition) is 4. The van der Waals surface area contributed by atoms with Crippen LogP contribution in [0, 0.1) is 5.82 Å². The van der Waals surface area contributed by atoms with Crippen molar-refractivity contribution in [1.82, 2.24) is 10.4 Å². The van der Waals surface area contributed by atoms with E-state index < -0.39 is 0 Å². The molecule has 15 heavy (non-hydrogen) atoms. The standard InChI is InChI=1S/C10H10FN3S/c11-8-6-13-4-3-7(8)10(14-12)9-2-1-5-15-9/h1-6,10,14H,12H2. The molecule has 2 rings (SSSR count). The predicted octanol–water partition coefficient (Wildman–Crippen LogP) is 1.83. The van der Waals surface area contributed by atoms with Gasteiger partial charge in [-0.1, -0.05) is 6.07 Å². The minimum absolute atomic E-state index is 0.312. The van der Waals surface area contributed by atoms with Crippen molar-refractivity contribution in [2.75, 3.05) is 0 Å². The van der Waals surface area contributed by atoms with Crippen LogP contribution < -0.4 is 11.3 Å². The highest BCUT2D eigenvalue weighted by atomic mass is 32.1. The van der Waals surface area contributed by atoms with E-state index in [-0.39, 0.29) is 11.9 Å². The van der Waals surface area contributed by atoms with Crippen LogP contribution in [-0.4, -0.2) is 4.98 Å². The normalized spacial score (nSPS) is 12.7. The molecule has 5 heteroatoms. The lowest BCUT2D eigenvalue weighted by molar-refractivity contribution is 0.559. The van der Waals surface area contributed by atoms with E-state index in [2.05, 4.69) is 10.4 Å². The van der Waals surface area contributed by atoms with Gasteiger partial charge < -0.3 is 0 Å². The number of aromatic nitrogens is 1. The molecule has 0 aliphatic heterocycles. The van der Waals surface area contributed by atoms with E-state index in [1.165, 1.54) is 17.5 Å². The average molecular weight is 223 g/mol. The molecule has 0 aliphatic carbocycles. The Kier molecular flexibility index (Phi) is 3.05. The number of nitrogens with two attached hydrogens (primary N) is 1. The summed E-state index contributed by atoms with van der Waals surface area (Å²) in [5, 5.41) is 1.93. The second-order valence-electron chi connectivity index (χ2n) is 3.01. The Morgan fingerprint density at radius 3 is 2.93 bits per heavy atom. The summed E-state index contributed by atoms with van der Waals surface area (Å²) >= 11 is 1.53. The molecule has 0 fully saturated rings. The van der Waals surface area contributed by atoms with Crippen LogP contribution >= 0.6 is 11.3 Å². The number of pyridine rings is 1. The predicted molar refractivity (Wildman–Crippen MR) is 57.7 cm³/mol. The van der Waals surface area contributed by atoms with Crippen molar-refractivity contribution in [3.8, 4) is 0 Å². The van der Waals surface area contributed by atoms with Crippen LogP contribution in [-0.2, 0) is 0 Å². The second kappa shape index (κ2) is 4.48. The van der Waals surface area contributed by atoms with Gasteiger partial charge >= 0.3 is 0 Å². The topological polar surface area (TPSA) is 50.9 Å². The Morgan fingerprint density at radius 1 is 1.47 bits per heavy atom. The summed E-state index contributed by atoms with van der Waals surface area (Å²) < 4.78 is 13.5. The smallest absolute Gasteiger partial charge is 0.146 e. The highest BCUT2D eigenvalue weighted by Gasteiger charge is 2.16. The molecule has 0 saturated heterocycles. The van der Waals surface area contributed by atoms with Gasteiger partial charge in [0, 0.05) is 16.6 Å². The average Bonchev–Trinajstić information content (AvgIpc) is 2.75. The van der Waals surface area contributed by atoms with Crippen LogP contribution in [0.15, 0.2) is 36.0 Å². The summed E-state index contributed by atoms with van der Waals surface area (Å²) in [7, 11) is 0. The van der Waals surface area contributed by atoms with Gasteiger partial charge in [0.1, 0.15) is 5.82 Å². The van der Waals surface area contributed by atoms with Crippen LogP contribution in [0.1, 0.15) is 16.5 Å². The van der Waals surface area contributed by atoms with Crippen molar-refractivity contribution < 1.29 is 4.39 Å². The van der Waals surface area contributed by atoms with E-state index in [0.29, 0.717) is 5.56 Å². The number of halogens is 1. The third-order valence-corrected chi connectivity index (χ3v) is 3.05. The largest absolute Gasteiger partial charge is 0.271 e. The van der Waals surface area contributed by atoms with Gasteiger partial charge in [-0.3, -0.25) is 10.8 Å². The summed E-state index contributed by atoms with van der Waals surface area (Å²) in [6.45, 7) is 0. The fraction of sp³-hybridized carbons (Fsp3) is 0.100. The molecule has 2 aromatic rings. The van der Waals surface area contributed by atoms with Gasteiger partial charge in [-0.05, 0) is 17.5 Å². The summed E-state index contributed by atoms with van der Waals surface area (Å²) in [5.74, 6) is 5.08. The Bertz CT molecular complexity index is 430. The minimum Gasteiger partial charge on any atom is -0.271 e. The zero-order valence-corrected chi connectivity index (χ0v) is 8.67. The third kappa shape index (κ3) is 2.04. The van der Waals surface area contributed by atoms with Crippen molar-refractivity contribution in [2.24, 2.45) is 5.84 Å². The monoisotopic (exact) mass is 223 g/mol. The maximum atomic E-state index is 13.5. The first-order valence-electron chi connectivity index (χ1n) is 4.42. The molecule has 1 unspecified atom stereocenters. The lowest BCUT2D eigenvalue weighted by Gasteiger charge is -2.14. The van der Waals surface area contributed by atoms with E-state index >= 15 is 0 Å². The van der Waals surface area contributed by atoms with Crippen LogP contribution in [0.25, 0.3) is 0 Å². The number of thiophene rings is 1. The maximum Gasteiger partial charge on any atom is 0.146 e. The van der Waals surface area contributed by atoms with E-state index in [1.54, 1.807) is 12.3 Å². The fourth-order valence-corrected chi connectivity index (χ4v) is 2.20. The van der Waals surface area contributed by atoms with Gasteiger partial charge in [0.15, 0.2) is 0 Å². The van der Waals surface area contributed by atoms with Crippen molar-refractivity contribution in [3.05, 3.63) is 52.2 Å². The molecule has 0 aliphatic rings. The first kappa shape index (κ1) is 10.2. The number of hydrazine groups is 1. The third-order valence-electron chi connectivity index (χ3n) is 2.11. The zero-order chi connectivity index (χ0) is 10.7. The van der Waals surface area contributed by atoms with Crippen molar-refractivity contribution in [3.63, 3.8) is 0 Å². The molecular weight excluding hydrogens is 213 g/mol. The van der Waals surface area contributed by atoms with Gasteiger partial charge in [-0.15, -0.1) is 11.3 Å². The van der Waals surface area contributed by atoms with Crippen molar-refractivity contribution >= 4 is 11.3 Å². The van der Waals surface area contributed by atoms with Crippen molar-refractivity contribution in [1.29, 1.82) is 0 Å². The molecule has 0 radical (unpaired) electrons. The Morgan fingerprint density at radius 2 is 2.33 bits per heavy atom. The second-order valence-corrected chi connectivity index (χ2v) is 3.99. The Balaban J connectivity index is 2.40. The first-order valence-corrected chi connectivity index (χ1v) is 5.30. The highest BCUT2D eigenvalue weighted by Crippen LogP contribution is 2.26. The van der Waals surface area contributed by atoms with Gasteiger partial charge in [0.2, 0.25) is 0 Å². The Labute approximate surface area is 90.7 Å². The molecule has 0 bridgehead atoms. The number of nitrogens with zero attached hydrogens (tertiary/aromatic N) is 1. The van der Waals surface area contributed by atoms with Crippen LogP contribution in [0.4, 0.5) is 4.39 Å². The summed E-state index contributed by atoms with van der Waals surface area (Å²) in [6, 6.07) is 5.13. The highest BCUT2D eigenvalue weighted by molar-refractivity contribution is 7.10. The number of hydrogen-bond donors (Lipinski definition) is 2. The minimum atomic E-state index is -0.353. The molecule has 2 heterocycles. The molecule has 0 aromatic carbocycles. The maximum absolute atomic E-state index is 13.5. The summed E-state index contributed by atoms with van der Waals surface area (Å²) in [4.78, 5) is 4.68. The molecule has 0 amide bonds. The lowest BCUT2D eigenvalue weighted by atomic mass is 10.1. The SMILES string of the molecule is NNC(c1cccs1)c1ccncc1F. The molecule has 0 spiro atoms. The van der Waals surface area contributed by atoms with Crippen LogP contribution in [0.5, 0.6) is 0 Å². The van der Waals surface area contributed by atoms with Crippen LogP contribution in [0.2, 0.25) is 0 Å². The molecule has 78 valence electrons. The van der Waals surface area contributed by atoms with Gasteiger partial charge in [0.25, 0.3) is 0 Å². The van der Waals surface area contributed by atoms with E-state index in [9.17, 15) is 4.39 Å². The van der Waals surface area contributed by atoms with Gasteiger partial charge in [-0.25, -0.2) is 9.82 Å². The number of rotatable bonds is 3. The summed E-state index contributed by atoms with van der Waals surface area (Å²) in [6.07, 6.45) is 2.74. The lowest BCUT2D eigenvalue weighted by Crippen LogP contribution is -2.28. The van der Waals surface area contributed by atoms with Gasteiger partial charge in [-0.2, -0.15) is 0 Å². The van der Waals surface area contributed by atoms with E-state index in [0.717, 1.165) is 4.88 Å². The van der Waals surface area contributed by atoms with E-state index in [4.69, 9.17) is 5.84 Å². The van der Waals surface area contributed by atoms with E-state index in [1.807, 2.05) is 17.5 Å². The van der Waals surface area contributed by atoms with Crippen LogP contribution in [0.3, 0.4) is 0 Å². The summed E-state index contributed by atoms with van der Waals surface area (Å²) in [5.41, 5.74) is 3.11. The molecule has 1 atom stereocenters. The molecule has 0 saturated carbocycles. The Hall–Kier alpha value is -1.30. The van der Waals surface area contributed by atoms with Crippen molar-refractivity contribution in [2.45, 2.75) is 6.04 Å². The zero-order valence-electron chi connectivity index (χ0n) is 7.85. The first-order chi connectivity index (χ1) is 7.33.